The van der Waals surface area contributed by atoms with Crippen LogP contribution in [0.15, 0.2) is 34.1 Å². The lowest BCUT2D eigenvalue weighted by molar-refractivity contribution is -0.251. The highest BCUT2D eigenvalue weighted by molar-refractivity contribution is 5.81. The Bertz CT molecular complexity index is 2310. The van der Waals surface area contributed by atoms with Gasteiger partial charge in [0.05, 0.1) is 36.1 Å². The van der Waals surface area contributed by atoms with Crippen molar-refractivity contribution in [3.8, 4) is 0 Å². The highest BCUT2D eigenvalue weighted by Crippen LogP contribution is 2.77. The zero-order chi connectivity index (χ0) is 46.5. The molecule has 5 saturated carbocycles. The lowest BCUT2D eigenvalue weighted by Gasteiger charge is -2.72. The minimum Gasteiger partial charge on any atom is -0.481 e. The van der Waals surface area contributed by atoms with Crippen molar-refractivity contribution in [2.75, 3.05) is 6.61 Å². The van der Waals surface area contributed by atoms with Crippen molar-refractivity contribution in [3.63, 3.8) is 0 Å². The summed E-state index contributed by atoms with van der Waals surface area (Å²) in [4.78, 5) is 66.7. The van der Waals surface area contributed by atoms with E-state index < -0.39 is 52.4 Å². The first kappa shape index (κ1) is 46.4. The van der Waals surface area contributed by atoms with Gasteiger partial charge in [0.1, 0.15) is 30.7 Å². The van der Waals surface area contributed by atoms with Gasteiger partial charge in [-0.25, -0.2) is 9.48 Å². The highest BCUT2D eigenvalue weighted by Gasteiger charge is 2.72. The van der Waals surface area contributed by atoms with Crippen LogP contribution in [-0.2, 0) is 35.2 Å². The molecule has 2 aromatic heterocycles. The van der Waals surface area contributed by atoms with Gasteiger partial charge in [0.2, 0.25) is 0 Å². The largest absolute Gasteiger partial charge is 0.481 e. The second kappa shape index (κ2) is 16.0. The van der Waals surface area contributed by atoms with E-state index in [-0.39, 0.29) is 65.2 Å². The third-order valence-electron chi connectivity index (χ3n) is 18.9. The predicted molar refractivity (Wildman–Crippen MR) is 235 cm³/mol. The summed E-state index contributed by atoms with van der Waals surface area (Å²) in [6.45, 7) is 23.1. The number of nitrogens with zero attached hydrogens (tertiary/aromatic N) is 4. The van der Waals surface area contributed by atoms with Crippen LogP contribution in [0.1, 0.15) is 156 Å². The molecular weight excluding hydrogens is 819 g/mol. The number of aliphatic carboxylic acids is 1. The molecule has 2 aromatic rings. The number of nitrogens with one attached hydrogen (secondary N) is 1. The van der Waals surface area contributed by atoms with Crippen LogP contribution in [0.5, 0.6) is 0 Å². The van der Waals surface area contributed by atoms with E-state index in [0.29, 0.717) is 35.4 Å². The number of rotatable bonds is 11. The van der Waals surface area contributed by atoms with Gasteiger partial charge in [-0.1, -0.05) is 52.0 Å². The summed E-state index contributed by atoms with van der Waals surface area (Å²) in [5.41, 5.74) is -1.15. The Morgan fingerprint density at radius 2 is 1.70 bits per heavy atom. The van der Waals surface area contributed by atoms with Gasteiger partial charge in [0.25, 0.3) is 5.56 Å². The first-order valence-electron chi connectivity index (χ1n) is 23.7. The van der Waals surface area contributed by atoms with Gasteiger partial charge in [-0.3, -0.25) is 28.7 Å². The maximum Gasteiger partial charge on any atom is 0.330 e. The Balaban J connectivity index is 0.981. The number of aromatic nitrogens is 5. The summed E-state index contributed by atoms with van der Waals surface area (Å²) < 4.78 is 21.4. The molecule has 15 heteroatoms. The number of hydrogen-bond acceptors (Lipinski definition) is 11. The van der Waals surface area contributed by atoms with Gasteiger partial charge in [-0.2, -0.15) is 0 Å². The van der Waals surface area contributed by atoms with E-state index >= 15 is 0 Å². The third kappa shape index (κ3) is 7.15. The van der Waals surface area contributed by atoms with Gasteiger partial charge in [-0.15, -0.1) is 5.10 Å². The van der Waals surface area contributed by atoms with E-state index in [9.17, 15) is 34.2 Å². The van der Waals surface area contributed by atoms with Gasteiger partial charge in [0.15, 0.2) is 0 Å². The van der Waals surface area contributed by atoms with Crippen molar-refractivity contribution < 1.29 is 38.8 Å². The number of carboxylic acid groups (broad SMARTS) is 1. The van der Waals surface area contributed by atoms with Crippen molar-refractivity contribution in [2.24, 2.45) is 62.1 Å². The van der Waals surface area contributed by atoms with Gasteiger partial charge in [0, 0.05) is 23.6 Å². The average molecular weight is 890 g/mol. The molecule has 0 bridgehead atoms. The number of ether oxygens (including phenoxy) is 3. The molecule has 1 saturated heterocycles. The summed E-state index contributed by atoms with van der Waals surface area (Å²) in [7, 11) is 0. The first-order chi connectivity index (χ1) is 29.9. The molecular formula is C49H71N5O10. The quantitative estimate of drug-likeness (QED) is 0.153. The summed E-state index contributed by atoms with van der Waals surface area (Å²) in [5.74, 6) is -0.192. The minimum absolute atomic E-state index is 0.0156. The molecule has 0 radical (unpaired) electrons. The van der Waals surface area contributed by atoms with Gasteiger partial charge >= 0.3 is 23.6 Å². The number of aliphatic hydroxyl groups excluding tert-OH is 1. The molecule has 8 rings (SSSR count). The van der Waals surface area contributed by atoms with Crippen molar-refractivity contribution in [3.05, 3.63) is 56.6 Å². The molecule has 0 aromatic carbocycles. The predicted octanol–water partition coefficient (Wildman–Crippen LogP) is 7.07. The molecule has 5 aliphatic carbocycles. The Kier molecular flexibility index (Phi) is 11.6. The lowest BCUT2D eigenvalue weighted by Crippen LogP contribution is -2.67. The molecule has 0 amide bonds. The van der Waals surface area contributed by atoms with Crippen molar-refractivity contribution >= 4 is 17.9 Å². The maximum atomic E-state index is 14.8. The summed E-state index contributed by atoms with van der Waals surface area (Å²) in [6.07, 6.45) is 10.9. The number of carbonyl (C=O) groups is 3. The lowest BCUT2D eigenvalue weighted by atomic mass is 9.32. The number of allylic oxidation sites excluding steroid dienone is 1. The second-order valence-corrected chi connectivity index (χ2v) is 22.9. The SMILES string of the molecule is C=C(C)[C@@H]1CC[C@]2(C(=O)OCc3cn([C@@H]4C[C@@H](n5cc(C)c(=O)[nH]c5=O)O[C@H]4CO)nn3)CC[C@]3(C)[C@H](CC[C@@H]4[C@@]5(C)CC[C@H](OC(=O)CC(C)(C)C(=O)O)C(C)(C)[C@@H]5CC[C@]43C)[C@@H]12. The monoisotopic (exact) mass is 890 g/mol. The molecule has 352 valence electrons. The molecule has 3 N–H and O–H groups in total. The fourth-order valence-corrected chi connectivity index (χ4v) is 15.3. The molecule has 0 spiro atoms. The molecule has 13 atom stereocenters. The highest BCUT2D eigenvalue weighted by atomic mass is 16.5. The van der Waals surface area contributed by atoms with Gasteiger partial charge in [-0.05, 0) is 138 Å². The molecule has 64 heavy (non-hydrogen) atoms. The van der Waals surface area contributed by atoms with Crippen LogP contribution in [0.3, 0.4) is 0 Å². The number of aliphatic hydroxyl groups is 1. The zero-order valence-electron chi connectivity index (χ0n) is 39.4. The fraction of sp³-hybridized carbons (Fsp3) is 0.776. The molecule has 6 aliphatic rings. The number of fused-ring (bicyclic) bond motifs is 7. The second-order valence-electron chi connectivity index (χ2n) is 22.9. The van der Waals surface area contributed by atoms with E-state index in [2.05, 4.69) is 63.4 Å². The number of aryl methyl sites for hydroxylation is 1. The van der Waals surface area contributed by atoms with Crippen LogP contribution in [0.4, 0.5) is 0 Å². The number of H-pyrrole nitrogens is 1. The molecule has 15 nitrogen and oxygen atoms in total. The van der Waals surface area contributed by atoms with Crippen molar-refractivity contribution in [1.82, 2.24) is 24.5 Å². The van der Waals surface area contributed by atoms with E-state index in [0.717, 1.165) is 69.8 Å². The van der Waals surface area contributed by atoms with E-state index in [1.165, 1.54) is 10.8 Å². The van der Waals surface area contributed by atoms with Crippen LogP contribution in [-0.4, -0.2) is 71.5 Å². The Morgan fingerprint density at radius 1 is 0.969 bits per heavy atom. The van der Waals surface area contributed by atoms with Crippen LogP contribution in [0, 0.1) is 69.0 Å². The Labute approximate surface area is 376 Å². The summed E-state index contributed by atoms with van der Waals surface area (Å²) in [5, 5.41) is 28.6. The van der Waals surface area contributed by atoms with Crippen molar-refractivity contribution in [2.45, 2.75) is 170 Å². The molecule has 3 heterocycles. The molecule has 6 fully saturated rings. The fourth-order valence-electron chi connectivity index (χ4n) is 15.3. The van der Waals surface area contributed by atoms with Crippen LogP contribution in [0.25, 0.3) is 0 Å². The van der Waals surface area contributed by atoms with Crippen LogP contribution < -0.4 is 11.2 Å². The van der Waals surface area contributed by atoms with Crippen LogP contribution in [0.2, 0.25) is 0 Å². The number of esters is 2. The number of hydrogen-bond donors (Lipinski definition) is 3. The zero-order valence-corrected chi connectivity index (χ0v) is 39.4. The van der Waals surface area contributed by atoms with Crippen molar-refractivity contribution in [1.29, 1.82) is 0 Å². The van der Waals surface area contributed by atoms with E-state index in [1.54, 1.807) is 31.6 Å². The molecule has 1 aliphatic heterocycles. The average Bonchev–Trinajstić information content (AvgIpc) is 3.97. The number of carboxylic acids is 1. The Morgan fingerprint density at radius 3 is 2.39 bits per heavy atom. The maximum absolute atomic E-state index is 14.8. The third-order valence-corrected chi connectivity index (χ3v) is 18.9. The standard InChI is InChI=1S/C49H71N5O10/c1-27(2)30-13-18-49(42(60)62-26-29-24-54(52-51-29)32-21-37(63-33(32)25-55)53-23-28(3)40(57)50-43(53)61)20-19-47(9)31(39(30)49)11-12-35-46(8)16-15-36(64-38(56)22-44(4,5)41(58)59)45(6,7)34(46)14-17-48(35,47)10/h23-24,30-37,39,55H,1,11-22,25-26H2,2-10H3,(H,58,59)(H,50,57,61)/t30-,31+,32+,33-,34-,35+,36-,37-,39+,46-,47+,48+,49-/m0/s1. The number of aromatic amines is 1. The topological polar surface area (TPSA) is 205 Å². The molecule has 0 unspecified atom stereocenters. The smallest absolute Gasteiger partial charge is 0.330 e. The van der Waals surface area contributed by atoms with Gasteiger partial charge < -0.3 is 24.4 Å². The minimum atomic E-state index is -1.19. The number of carbonyl (C=O) groups excluding carboxylic acids is 2. The first-order valence-corrected chi connectivity index (χ1v) is 23.7. The van der Waals surface area contributed by atoms with Crippen LogP contribution >= 0.6 is 0 Å². The summed E-state index contributed by atoms with van der Waals surface area (Å²) in [6, 6.07) is -0.452. The van der Waals surface area contributed by atoms with E-state index in [4.69, 9.17) is 14.2 Å². The van der Waals surface area contributed by atoms with E-state index in [1.807, 2.05) is 0 Å². The Hall–Kier alpha value is -4.11. The normalized spacial score (nSPS) is 38.9. The summed E-state index contributed by atoms with van der Waals surface area (Å²) >= 11 is 0.